The standard InChI is InChI=1S/C23H25NO2/c1-4-5-12-20-16-22(25)17(2)23(18-10-7-6-8-11-18)24(20)19-13-9-14-21(15-19)26-3/h6-11,13-16H,4-5,12H2,1-3H3. The van der Waals surface area contributed by atoms with Gasteiger partial charge in [-0.05, 0) is 37.5 Å². The molecule has 134 valence electrons. The molecule has 0 unspecified atom stereocenters. The summed E-state index contributed by atoms with van der Waals surface area (Å²) in [6.45, 7) is 4.07. The summed E-state index contributed by atoms with van der Waals surface area (Å²) in [5, 5.41) is 0. The van der Waals surface area contributed by atoms with Crippen LogP contribution in [0.15, 0.2) is 65.5 Å². The van der Waals surface area contributed by atoms with Crippen molar-refractivity contribution >= 4 is 0 Å². The summed E-state index contributed by atoms with van der Waals surface area (Å²) >= 11 is 0. The normalized spacial score (nSPS) is 10.7. The van der Waals surface area contributed by atoms with Crippen molar-refractivity contribution in [1.82, 2.24) is 4.57 Å². The lowest BCUT2D eigenvalue weighted by Gasteiger charge is -2.21. The van der Waals surface area contributed by atoms with Crippen LogP contribution >= 0.6 is 0 Å². The highest BCUT2D eigenvalue weighted by Crippen LogP contribution is 2.28. The van der Waals surface area contributed by atoms with Gasteiger partial charge in [0.15, 0.2) is 5.43 Å². The first-order valence-electron chi connectivity index (χ1n) is 9.11. The van der Waals surface area contributed by atoms with Gasteiger partial charge in [0.1, 0.15) is 5.75 Å². The summed E-state index contributed by atoms with van der Waals surface area (Å²) < 4.78 is 7.63. The average molecular weight is 347 g/mol. The van der Waals surface area contributed by atoms with E-state index in [4.69, 9.17) is 4.74 Å². The third-order valence-corrected chi connectivity index (χ3v) is 4.68. The molecule has 0 fully saturated rings. The fourth-order valence-electron chi connectivity index (χ4n) is 3.28. The van der Waals surface area contributed by atoms with Crippen LogP contribution in [0, 0.1) is 6.92 Å². The maximum atomic E-state index is 12.7. The molecule has 0 amide bonds. The van der Waals surface area contributed by atoms with E-state index in [1.165, 1.54) is 0 Å². The Hall–Kier alpha value is -2.81. The van der Waals surface area contributed by atoms with E-state index < -0.39 is 0 Å². The minimum atomic E-state index is 0.0918. The van der Waals surface area contributed by atoms with Crippen LogP contribution in [0.25, 0.3) is 16.9 Å². The van der Waals surface area contributed by atoms with Crippen LogP contribution in [0.2, 0.25) is 0 Å². The van der Waals surface area contributed by atoms with Gasteiger partial charge in [-0.2, -0.15) is 0 Å². The van der Waals surface area contributed by atoms with Gasteiger partial charge in [0.05, 0.1) is 12.8 Å². The topological polar surface area (TPSA) is 31.2 Å². The first-order chi connectivity index (χ1) is 12.7. The Bertz CT molecular complexity index is 942. The maximum Gasteiger partial charge on any atom is 0.185 e. The molecule has 1 heterocycles. The molecule has 0 saturated heterocycles. The molecule has 0 saturated carbocycles. The van der Waals surface area contributed by atoms with E-state index in [0.717, 1.165) is 53.2 Å². The highest BCUT2D eigenvalue weighted by Gasteiger charge is 2.16. The van der Waals surface area contributed by atoms with Crippen LogP contribution < -0.4 is 10.2 Å². The Labute approximate surface area is 154 Å². The monoisotopic (exact) mass is 347 g/mol. The lowest BCUT2D eigenvalue weighted by Crippen LogP contribution is -2.17. The van der Waals surface area contributed by atoms with Gasteiger partial charge in [-0.15, -0.1) is 0 Å². The molecule has 3 heteroatoms. The highest BCUT2D eigenvalue weighted by molar-refractivity contribution is 5.67. The summed E-state index contributed by atoms with van der Waals surface area (Å²) in [5.41, 5.74) is 4.90. The van der Waals surface area contributed by atoms with E-state index >= 15 is 0 Å². The number of ether oxygens (including phenoxy) is 1. The fourth-order valence-corrected chi connectivity index (χ4v) is 3.28. The molecule has 0 aliphatic heterocycles. The second-order valence-corrected chi connectivity index (χ2v) is 6.48. The van der Waals surface area contributed by atoms with Gasteiger partial charge in [-0.25, -0.2) is 0 Å². The largest absolute Gasteiger partial charge is 0.497 e. The van der Waals surface area contributed by atoms with Crippen molar-refractivity contribution in [2.24, 2.45) is 0 Å². The molecule has 3 rings (SSSR count). The fraction of sp³-hybridized carbons (Fsp3) is 0.261. The second kappa shape index (κ2) is 8.05. The molecule has 3 aromatic rings. The van der Waals surface area contributed by atoms with Crippen LogP contribution in [0.3, 0.4) is 0 Å². The number of unbranched alkanes of at least 4 members (excludes halogenated alkanes) is 1. The zero-order valence-electron chi connectivity index (χ0n) is 15.7. The molecular weight excluding hydrogens is 322 g/mol. The third kappa shape index (κ3) is 3.57. The molecule has 1 aromatic heterocycles. The van der Waals surface area contributed by atoms with Gasteiger partial charge in [0, 0.05) is 29.1 Å². The Morgan fingerprint density at radius 3 is 2.46 bits per heavy atom. The molecule has 26 heavy (non-hydrogen) atoms. The van der Waals surface area contributed by atoms with Crippen molar-refractivity contribution in [3.05, 3.63) is 82.1 Å². The third-order valence-electron chi connectivity index (χ3n) is 4.68. The van der Waals surface area contributed by atoms with Gasteiger partial charge in [0.2, 0.25) is 0 Å². The number of hydrogen-bond acceptors (Lipinski definition) is 2. The molecule has 0 radical (unpaired) electrons. The molecule has 3 nitrogen and oxygen atoms in total. The van der Waals surface area contributed by atoms with Gasteiger partial charge in [0.25, 0.3) is 0 Å². The molecule has 2 aromatic carbocycles. The molecule has 0 bridgehead atoms. The SMILES string of the molecule is CCCCc1cc(=O)c(C)c(-c2ccccc2)n1-c1cccc(OC)c1. The van der Waals surface area contributed by atoms with Crippen molar-refractivity contribution in [2.75, 3.05) is 7.11 Å². The van der Waals surface area contributed by atoms with E-state index in [-0.39, 0.29) is 5.43 Å². The van der Waals surface area contributed by atoms with E-state index in [9.17, 15) is 4.79 Å². The van der Waals surface area contributed by atoms with E-state index in [1.807, 2.05) is 43.3 Å². The summed E-state index contributed by atoms with van der Waals surface area (Å²) in [6, 6.07) is 19.9. The summed E-state index contributed by atoms with van der Waals surface area (Å²) in [4.78, 5) is 12.7. The smallest absolute Gasteiger partial charge is 0.185 e. The number of rotatable bonds is 6. The van der Waals surface area contributed by atoms with Crippen LogP contribution in [0.1, 0.15) is 31.0 Å². The number of methoxy groups -OCH3 is 1. The van der Waals surface area contributed by atoms with Gasteiger partial charge < -0.3 is 9.30 Å². The first-order valence-corrected chi connectivity index (χ1v) is 9.11. The van der Waals surface area contributed by atoms with E-state index in [2.05, 4.69) is 29.7 Å². The van der Waals surface area contributed by atoms with Gasteiger partial charge in [-0.3, -0.25) is 4.79 Å². The van der Waals surface area contributed by atoms with Crippen LogP contribution in [-0.4, -0.2) is 11.7 Å². The average Bonchev–Trinajstić information content (AvgIpc) is 2.69. The zero-order valence-corrected chi connectivity index (χ0v) is 15.7. The highest BCUT2D eigenvalue weighted by atomic mass is 16.5. The summed E-state index contributed by atoms with van der Waals surface area (Å²) in [5.74, 6) is 0.805. The summed E-state index contributed by atoms with van der Waals surface area (Å²) in [7, 11) is 1.67. The molecule has 0 aliphatic rings. The molecule has 0 aliphatic carbocycles. The Morgan fingerprint density at radius 1 is 1.00 bits per heavy atom. The molecule has 0 N–H and O–H groups in total. The van der Waals surface area contributed by atoms with Gasteiger partial charge in [-0.1, -0.05) is 49.7 Å². The lowest BCUT2D eigenvalue weighted by atomic mass is 10.0. The lowest BCUT2D eigenvalue weighted by molar-refractivity contribution is 0.414. The van der Waals surface area contributed by atoms with Crippen molar-refractivity contribution < 1.29 is 4.74 Å². The quantitative estimate of drug-likeness (QED) is 0.616. The number of aryl methyl sites for hydroxylation is 1. The predicted octanol–water partition coefficient (Wildman–Crippen LogP) is 5.16. The number of benzene rings is 2. The Morgan fingerprint density at radius 2 is 1.77 bits per heavy atom. The second-order valence-electron chi connectivity index (χ2n) is 6.48. The number of hydrogen-bond donors (Lipinski definition) is 0. The Balaban J connectivity index is 2.34. The maximum absolute atomic E-state index is 12.7. The van der Waals surface area contributed by atoms with E-state index in [1.54, 1.807) is 13.2 Å². The van der Waals surface area contributed by atoms with Gasteiger partial charge >= 0.3 is 0 Å². The minimum Gasteiger partial charge on any atom is -0.497 e. The van der Waals surface area contributed by atoms with Crippen molar-refractivity contribution in [1.29, 1.82) is 0 Å². The number of nitrogens with zero attached hydrogens (tertiary/aromatic N) is 1. The predicted molar refractivity (Wildman–Crippen MR) is 107 cm³/mol. The molecular formula is C23H25NO2. The van der Waals surface area contributed by atoms with Crippen LogP contribution in [0.5, 0.6) is 5.75 Å². The van der Waals surface area contributed by atoms with Crippen molar-refractivity contribution in [3.8, 4) is 22.7 Å². The first kappa shape index (κ1) is 18.0. The number of pyridine rings is 1. The van der Waals surface area contributed by atoms with Crippen molar-refractivity contribution in [2.45, 2.75) is 33.1 Å². The minimum absolute atomic E-state index is 0.0918. The van der Waals surface area contributed by atoms with Crippen LogP contribution in [-0.2, 0) is 6.42 Å². The van der Waals surface area contributed by atoms with Crippen molar-refractivity contribution in [3.63, 3.8) is 0 Å². The zero-order chi connectivity index (χ0) is 18.5. The van der Waals surface area contributed by atoms with Crippen LogP contribution in [0.4, 0.5) is 0 Å². The number of aromatic nitrogens is 1. The Kier molecular flexibility index (Phi) is 5.57. The van der Waals surface area contributed by atoms with E-state index in [0.29, 0.717) is 0 Å². The molecule has 0 atom stereocenters. The summed E-state index contributed by atoms with van der Waals surface area (Å²) in [6.07, 6.45) is 2.99. The molecule has 0 spiro atoms.